The number of nitrogens with zero attached hydrogens (tertiary/aromatic N) is 2. The van der Waals surface area contributed by atoms with Gasteiger partial charge < -0.3 is 10.2 Å². The number of anilines is 1. The highest BCUT2D eigenvalue weighted by Gasteiger charge is 2.25. The quantitative estimate of drug-likeness (QED) is 0.864. The molecule has 5 heteroatoms. The van der Waals surface area contributed by atoms with E-state index < -0.39 is 0 Å². The van der Waals surface area contributed by atoms with Gasteiger partial charge in [-0.05, 0) is 31.9 Å². The second-order valence-electron chi connectivity index (χ2n) is 5.91. The van der Waals surface area contributed by atoms with Gasteiger partial charge in [-0.3, -0.25) is 9.59 Å². The lowest BCUT2D eigenvalue weighted by Gasteiger charge is -2.34. The predicted octanol–water partition coefficient (Wildman–Crippen LogP) is 2.34. The number of piperidine rings is 1. The Kier molecular flexibility index (Phi) is 4.94. The van der Waals surface area contributed by atoms with Crippen LogP contribution in [0.1, 0.15) is 44.0 Å². The van der Waals surface area contributed by atoms with E-state index >= 15 is 0 Å². The van der Waals surface area contributed by atoms with E-state index in [1.54, 1.807) is 12.3 Å². The topological polar surface area (TPSA) is 62.3 Å². The van der Waals surface area contributed by atoms with Crippen LogP contribution in [-0.2, 0) is 4.79 Å². The first kappa shape index (κ1) is 15.5. The molecule has 2 rings (SSSR count). The van der Waals surface area contributed by atoms with Crippen LogP contribution in [0.4, 0.5) is 5.82 Å². The number of rotatable bonds is 4. The molecule has 5 nitrogen and oxygen atoms in total. The van der Waals surface area contributed by atoms with Gasteiger partial charge in [-0.25, -0.2) is 4.98 Å². The third-order valence-corrected chi connectivity index (χ3v) is 3.75. The van der Waals surface area contributed by atoms with Crippen molar-refractivity contribution in [1.82, 2.24) is 9.88 Å². The number of likely N-dealkylation sites (tertiary alicyclic amines) is 1. The summed E-state index contributed by atoms with van der Waals surface area (Å²) in [4.78, 5) is 29.5. The maximum atomic E-state index is 12.1. The van der Waals surface area contributed by atoms with Gasteiger partial charge in [0.05, 0.1) is 0 Å². The monoisotopic (exact) mass is 289 g/mol. The zero-order valence-electron chi connectivity index (χ0n) is 12.9. The summed E-state index contributed by atoms with van der Waals surface area (Å²) in [6.07, 6.45) is 3.62. The van der Waals surface area contributed by atoms with E-state index in [9.17, 15) is 9.59 Å². The molecule has 1 N–H and O–H groups in total. The number of nitrogens with one attached hydrogen (secondary N) is 1. The van der Waals surface area contributed by atoms with Gasteiger partial charge in [0.15, 0.2) is 5.78 Å². The van der Waals surface area contributed by atoms with Gasteiger partial charge in [0.1, 0.15) is 5.82 Å². The van der Waals surface area contributed by atoms with Crippen LogP contribution in [0.3, 0.4) is 0 Å². The normalized spacial score (nSPS) is 18.7. The fourth-order valence-electron chi connectivity index (χ4n) is 2.56. The van der Waals surface area contributed by atoms with Gasteiger partial charge in [-0.2, -0.15) is 0 Å². The average Bonchev–Trinajstić information content (AvgIpc) is 2.47. The van der Waals surface area contributed by atoms with Crippen LogP contribution in [0.25, 0.3) is 0 Å². The van der Waals surface area contributed by atoms with E-state index in [1.165, 1.54) is 6.92 Å². The third kappa shape index (κ3) is 4.03. The maximum absolute atomic E-state index is 12.1. The van der Waals surface area contributed by atoms with Gasteiger partial charge in [-0.1, -0.05) is 13.8 Å². The Morgan fingerprint density at radius 3 is 2.71 bits per heavy atom. The molecule has 1 atom stereocenters. The highest BCUT2D eigenvalue weighted by atomic mass is 16.2. The number of Topliss-reactive ketones (excluding diaryl/α,β-unsaturated/α-hetero) is 1. The molecule has 1 fully saturated rings. The number of carbonyl (C=O) groups is 2. The Labute approximate surface area is 125 Å². The molecule has 1 amide bonds. The lowest BCUT2D eigenvalue weighted by atomic mass is 10.0. The SMILES string of the molecule is CC(=O)c1ccc(NC2CCCN(C(=O)C(C)C)C2)nc1. The number of aromatic nitrogens is 1. The van der Waals surface area contributed by atoms with Gasteiger partial charge >= 0.3 is 0 Å². The molecule has 21 heavy (non-hydrogen) atoms. The zero-order valence-corrected chi connectivity index (χ0v) is 12.9. The van der Waals surface area contributed by atoms with Gasteiger partial charge in [0.2, 0.25) is 5.91 Å². The molecule has 0 spiro atoms. The van der Waals surface area contributed by atoms with Crippen LogP contribution in [0, 0.1) is 5.92 Å². The Balaban J connectivity index is 1.96. The summed E-state index contributed by atoms with van der Waals surface area (Å²) in [6.45, 7) is 6.95. The molecule has 1 aromatic rings. The van der Waals surface area contributed by atoms with Crippen molar-refractivity contribution in [2.45, 2.75) is 39.7 Å². The number of ketones is 1. The molecule has 0 saturated carbocycles. The second kappa shape index (κ2) is 6.70. The van der Waals surface area contributed by atoms with E-state index in [0.29, 0.717) is 12.1 Å². The van der Waals surface area contributed by atoms with E-state index in [4.69, 9.17) is 0 Å². The molecule has 0 aromatic carbocycles. The summed E-state index contributed by atoms with van der Waals surface area (Å²) in [5.74, 6) is 1.02. The summed E-state index contributed by atoms with van der Waals surface area (Å²) in [6, 6.07) is 3.81. The molecular formula is C16H23N3O2. The van der Waals surface area contributed by atoms with Crippen molar-refractivity contribution in [3.8, 4) is 0 Å². The van der Waals surface area contributed by atoms with Crippen molar-refractivity contribution in [2.24, 2.45) is 5.92 Å². The molecule has 1 aliphatic heterocycles. The van der Waals surface area contributed by atoms with Crippen molar-refractivity contribution in [3.05, 3.63) is 23.9 Å². The Morgan fingerprint density at radius 2 is 2.14 bits per heavy atom. The Bertz CT molecular complexity index is 511. The maximum Gasteiger partial charge on any atom is 0.225 e. The highest BCUT2D eigenvalue weighted by molar-refractivity contribution is 5.93. The smallest absolute Gasteiger partial charge is 0.225 e. The standard InChI is InChI=1S/C16H23N3O2/c1-11(2)16(21)19-8-4-5-14(10-19)18-15-7-6-13(9-17-15)12(3)20/h6-7,9,11,14H,4-5,8,10H2,1-3H3,(H,17,18). The summed E-state index contributed by atoms with van der Waals surface area (Å²) in [5, 5.41) is 3.35. The Morgan fingerprint density at radius 1 is 1.38 bits per heavy atom. The molecular weight excluding hydrogens is 266 g/mol. The number of pyridine rings is 1. The molecule has 0 radical (unpaired) electrons. The van der Waals surface area contributed by atoms with Gasteiger partial charge in [0.25, 0.3) is 0 Å². The summed E-state index contributed by atoms with van der Waals surface area (Å²) in [7, 11) is 0. The van der Waals surface area contributed by atoms with E-state index in [1.807, 2.05) is 24.8 Å². The average molecular weight is 289 g/mol. The second-order valence-corrected chi connectivity index (χ2v) is 5.91. The van der Waals surface area contributed by atoms with Crippen LogP contribution in [0.15, 0.2) is 18.3 Å². The van der Waals surface area contributed by atoms with E-state index in [0.717, 1.165) is 25.2 Å². The molecule has 0 aliphatic carbocycles. The lowest BCUT2D eigenvalue weighted by molar-refractivity contribution is -0.135. The first-order valence-electron chi connectivity index (χ1n) is 7.49. The summed E-state index contributed by atoms with van der Waals surface area (Å²) >= 11 is 0. The largest absolute Gasteiger partial charge is 0.366 e. The molecule has 0 bridgehead atoms. The van der Waals surface area contributed by atoms with E-state index in [-0.39, 0.29) is 23.7 Å². The van der Waals surface area contributed by atoms with Crippen molar-refractivity contribution >= 4 is 17.5 Å². The van der Waals surface area contributed by atoms with Gasteiger partial charge in [0, 0.05) is 36.8 Å². The number of carbonyl (C=O) groups excluding carboxylic acids is 2. The summed E-state index contributed by atoms with van der Waals surface area (Å²) < 4.78 is 0. The molecule has 1 unspecified atom stereocenters. The first-order valence-corrected chi connectivity index (χ1v) is 7.49. The molecule has 1 aromatic heterocycles. The van der Waals surface area contributed by atoms with Gasteiger partial charge in [-0.15, -0.1) is 0 Å². The minimum atomic E-state index is 0.0143. The lowest BCUT2D eigenvalue weighted by Crippen LogP contribution is -2.46. The molecule has 1 aliphatic rings. The molecule has 2 heterocycles. The predicted molar refractivity (Wildman–Crippen MR) is 82.3 cm³/mol. The fourth-order valence-corrected chi connectivity index (χ4v) is 2.56. The van der Waals surface area contributed by atoms with Crippen LogP contribution in [-0.4, -0.2) is 40.7 Å². The number of amides is 1. The van der Waals surface area contributed by atoms with Crippen molar-refractivity contribution in [3.63, 3.8) is 0 Å². The molecule has 1 saturated heterocycles. The van der Waals surface area contributed by atoms with Crippen LogP contribution >= 0.6 is 0 Å². The zero-order chi connectivity index (χ0) is 15.4. The summed E-state index contributed by atoms with van der Waals surface area (Å²) in [5.41, 5.74) is 0.612. The highest BCUT2D eigenvalue weighted by Crippen LogP contribution is 2.17. The van der Waals surface area contributed by atoms with Crippen LogP contribution < -0.4 is 5.32 Å². The van der Waals surface area contributed by atoms with E-state index in [2.05, 4.69) is 10.3 Å². The van der Waals surface area contributed by atoms with Crippen molar-refractivity contribution < 1.29 is 9.59 Å². The van der Waals surface area contributed by atoms with Crippen molar-refractivity contribution in [1.29, 1.82) is 0 Å². The first-order chi connectivity index (χ1) is 9.97. The number of hydrogen-bond donors (Lipinski definition) is 1. The van der Waals surface area contributed by atoms with Crippen LogP contribution in [0.2, 0.25) is 0 Å². The molecule has 114 valence electrons. The van der Waals surface area contributed by atoms with Crippen molar-refractivity contribution in [2.75, 3.05) is 18.4 Å². The Hall–Kier alpha value is -1.91. The fraction of sp³-hybridized carbons (Fsp3) is 0.562. The van der Waals surface area contributed by atoms with Crippen LogP contribution in [0.5, 0.6) is 0 Å². The minimum absolute atomic E-state index is 0.0143. The third-order valence-electron chi connectivity index (χ3n) is 3.75. The minimum Gasteiger partial charge on any atom is -0.366 e. The number of hydrogen-bond acceptors (Lipinski definition) is 4.